The molecule has 0 spiro atoms. The molecule has 2 aliphatic carbocycles. The summed E-state index contributed by atoms with van der Waals surface area (Å²) in [7, 11) is 0. The van der Waals surface area contributed by atoms with E-state index in [-0.39, 0.29) is 5.91 Å². The van der Waals surface area contributed by atoms with Gasteiger partial charge in [-0.15, -0.1) is 0 Å². The first-order valence-corrected chi connectivity index (χ1v) is 7.58. The lowest BCUT2D eigenvalue weighted by Crippen LogP contribution is -2.56. The van der Waals surface area contributed by atoms with Crippen molar-refractivity contribution in [3.05, 3.63) is 0 Å². The van der Waals surface area contributed by atoms with Crippen LogP contribution in [-0.2, 0) is 4.79 Å². The third-order valence-corrected chi connectivity index (χ3v) is 5.05. The van der Waals surface area contributed by atoms with Crippen LogP contribution in [0.5, 0.6) is 0 Å². The lowest BCUT2D eigenvalue weighted by Gasteiger charge is -2.35. The Morgan fingerprint density at radius 2 is 2.06 bits per heavy atom. The Labute approximate surface area is 111 Å². The predicted octanol–water partition coefficient (Wildman–Crippen LogP) is 2.45. The molecule has 3 N–H and O–H groups in total. The number of amides is 1. The van der Waals surface area contributed by atoms with Gasteiger partial charge in [-0.25, -0.2) is 0 Å². The maximum absolute atomic E-state index is 12.3. The second-order valence-corrected chi connectivity index (χ2v) is 6.74. The molecule has 0 bridgehead atoms. The van der Waals surface area contributed by atoms with Gasteiger partial charge in [0.1, 0.15) is 0 Å². The van der Waals surface area contributed by atoms with Crippen molar-refractivity contribution in [2.24, 2.45) is 23.5 Å². The van der Waals surface area contributed by atoms with Gasteiger partial charge in [0.15, 0.2) is 0 Å². The minimum absolute atomic E-state index is 0.0909. The third-order valence-electron chi connectivity index (χ3n) is 5.05. The van der Waals surface area contributed by atoms with Crippen LogP contribution >= 0.6 is 0 Å². The normalized spacial score (nSPS) is 40.7. The van der Waals surface area contributed by atoms with Gasteiger partial charge in [0.2, 0.25) is 5.91 Å². The van der Waals surface area contributed by atoms with Crippen molar-refractivity contribution in [1.29, 1.82) is 0 Å². The van der Waals surface area contributed by atoms with Gasteiger partial charge in [-0.1, -0.05) is 39.5 Å². The van der Waals surface area contributed by atoms with Crippen LogP contribution in [0.25, 0.3) is 0 Å². The molecular formula is C15H28N2O. The first-order valence-electron chi connectivity index (χ1n) is 7.58. The zero-order chi connectivity index (χ0) is 13.2. The van der Waals surface area contributed by atoms with E-state index in [1.165, 1.54) is 25.7 Å². The average molecular weight is 252 g/mol. The van der Waals surface area contributed by atoms with Crippen molar-refractivity contribution in [2.45, 2.75) is 64.3 Å². The topological polar surface area (TPSA) is 55.1 Å². The van der Waals surface area contributed by atoms with Gasteiger partial charge in [0.25, 0.3) is 0 Å². The Morgan fingerprint density at radius 1 is 1.28 bits per heavy atom. The molecule has 2 fully saturated rings. The summed E-state index contributed by atoms with van der Waals surface area (Å²) in [4.78, 5) is 12.3. The summed E-state index contributed by atoms with van der Waals surface area (Å²) in [6.07, 6.45) is 7.88. The van der Waals surface area contributed by atoms with Gasteiger partial charge in [-0.05, 0) is 37.0 Å². The Hall–Kier alpha value is -0.570. The van der Waals surface area contributed by atoms with Gasteiger partial charge in [0, 0.05) is 6.54 Å². The predicted molar refractivity (Wildman–Crippen MR) is 74.1 cm³/mol. The second-order valence-electron chi connectivity index (χ2n) is 6.74. The number of nitrogens with two attached hydrogens (primary N) is 1. The molecule has 0 aromatic carbocycles. The van der Waals surface area contributed by atoms with Crippen LogP contribution in [0.15, 0.2) is 0 Å². The first-order chi connectivity index (χ1) is 8.51. The zero-order valence-electron chi connectivity index (χ0n) is 11.9. The monoisotopic (exact) mass is 252 g/mol. The summed E-state index contributed by atoms with van der Waals surface area (Å²) < 4.78 is 0. The van der Waals surface area contributed by atoms with Gasteiger partial charge in [-0.3, -0.25) is 4.79 Å². The van der Waals surface area contributed by atoms with E-state index in [9.17, 15) is 4.79 Å². The van der Waals surface area contributed by atoms with Crippen LogP contribution in [0.1, 0.15) is 58.8 Å². The molecule has 2 aliphatic rings. The van der Waals surface area contributed by atoms with Crippen molar-refractivity contribution < 1.29 is 4.79 Å². The molecule has 2 saturated carbocycles. The van der Waals surface area contributed by atoms with Gasteiger partial charge >= 0.3 is 0 Å². The first kappa shape index (κ1) is 13.9. The van der Waals surface area contributed by atoms with Crippen molar-refractivity contribution in [2.75, 3.05) is 6.54 Å². The Kier molecular flexibility index (Phi) is 4.31. The maximum atomic E-state index is 12.3. The molecule has 0 aliphatic heterocycles. The van der Waals surface area contributed by atoms with Crippen LogP contribution in [0, 0.1) is 17.8 Å². The van der Waals surface area contributed by atoms with E-state index in [0.717, 1.165) is 31.7 Å². The molecule has 2 rings (SSSR count). The fourth-order valence-corrected chi connectivity index (χ4v) is 3.72. The molecule has 0 heterocycles. The van der Waals surface area contributed by atoms with Crippen LogP contribution in [0.4, 0.5) is 0 Å². The smallest absolute Gasteiger partial charge is 0.240 e. The molecule has 0 aromatic heterocycles. The summed E-state index contributed by atoms with van der Waals surface area (Å²) in [6, 6.07) is 0. The lowest BCUT2D eigenvalue weighted by atomic mass is 9.76. The molecule has 0 radical (unpaired) electrons. The summed E-state index contributed by atoms with van der Waals surface area (Å²) in [5.41, 5.74) is 5.70. The van der Waals surface area contributed by atoms with Crippen molar-refractivity contribution in [3.8, 4) is 0 Å². The van der Waals surface area contributed by atoms with Crippen LogP contribution in [0.3, 0.4) is 0 Å². The maximum Gasteiger partial charge on any atom is 0.240 e. The molecular weight excluding hydrogens is 224 g/mol. The van der Waals surface area contributed by atoms with Crippen LogP contribution < -0.4 is 11.1 Å². The van der Waals surface area contributed by atoms with Crippen molar-refractivity contribution in [1.82, 2.24) is 5.32 Å². The minimum Gasteiger partial charge on any atom is -0.354 e. The average Bonchev–Trinajstić information content (AvgIpc) is 2.71. The van der Waals surface area contributed by atoms with E-state index in [1.54, 1.807) is 0 Å². The van der Waals surface area contributed by atoms with E-state index in [0.29, 0.717) is 11.8 Å². The summed E-state index contributed by atoms with van der Waals surface area (Å²) in [5, 5.41) is 3.12. The lowest BCUT2D eigenvalue weighted by molar-refractivity contribution is -0.128. The Morgan fingerprint density at radius 3 is 2.67 bits per heavy atom. The number of rotatable bonds is 3. The SMILES string of the molecule is CC1CCCC(N)(C(=O)NCC2CCCC2C)C1. The molecule has 4 unspecified atom stereocenters. The Balaban J connectivity index is 1.83. The number of carbonyl (C=O) groups excluding carboxylic acids is 1. The molecule has 3 nitrogen and oxygen atoms in total. The zero-order valence-corrected chi connectivity index (χ0v) is 11.9. The summed E-state index contributed by atoms with van der Waals surface area (Å²) in [6.45, 7) is 5.32. The molecule has 0 aromatic rings. The second kappa shape index (κ2) is 5.60. The number of nitrogens with one attached hydrogen (secondary N) is 1. The van der Waals surface area contributed by atoms with Gasteiger partial charge < -0.3 is 11.1 Å². The largest absolute Gasteiger partial charge is 0.354 e. The number of hydrogen-bond donors (Lipinski definition) is 2. The quantitative estimate of drug-likeness (QED) is 0.810. The molecule has 3 heteroatoms. The highest BCUT2D eigenvalue weighted by atomic mass is 16.2. The molecule has 18 heavy (non-hydrogen) atoms. The molecule has 104 valence electrons. The third kappa shape index (κ3) is 3.05. The summed E-state index contributed by atoms with van der Waals surface area (Å²) in [5.74, 6) is 2.09. The van der Waals surface area contributed by atoms with Crippen LogP contribution in [0.2, 0.25) is 0 Å². The van der Waals surface area contributed by atoms with E-state index >= 15 is 0 Å². The highest BCUT2D eigenvalue weighted by Gasteiger charge is 2.38. The fourth-order valence-electron chi connectivity index (χ4n) is 3.72. The highest BCUT2D eigenvalue weighted by Crippen LogP contribution is 2.32. The van der Waals surface area contributed by atoms with Gasteiger partial charge in [-0.2, -0.15) is 0 Å². The van der Waals surface area contributed by atoms with Crippen molar-refractivity contribution in [3.63, 3.8) is 0 Å². The fraction of sp³-hybridized carbons (Fsp3) is 0.933. The molecule has 4 atom stereocenters. The van der Waals surface area contributed by atoms with Gasteiger partial charge in [0.05, 0.1) is 5.54 Å². The molecule has 1 amide bonds. The van der Waals surface area contributed by atoms with E-state index < -0.39 is 5.54 Å². The summed E-state index contributed by atoms with van der Waals surface area (Å²) >= 11 is 0. The Bertz CT molecular complexity index is 305. The van der Waals surface area contributed by atoms with Crippen LogP contribution in [-0.4, -0.2) is 18.0 Å². The highest BCUT2D eigenvalue weighted by molar-refractivity contribution is 5.86. The standard InChI is InChI=1S/C15H28N2O/c1-11-5-4-8-15(16,9-11)14(18)17-10-13-7-3-6-12(13)2/h11-13H,3-10,16H2,1-2H3,(H,17,18). The van der Waals surface area contributed by atoms with E-state index in [2.05, 4.69) is 19.2 Å². The molecule has 0 saturated heterocycles. The van der Waals surface area contributed by atoms with Crippen molar-refractivity contribution >= 4 is 5.91 Å². The number of hydrogen-bond acceptors (Lipinski definition) is 2. The van der Waals surface area contributed by atoms with E-state index in [4.69, 9.17) is 5.73 Å². The minimum atomic E-state index is -0.598. The van der Waals surface area contributed by atoms with E-state index in [1.807, 2.05) is 0 Å². The number of carbonyl (C=O) groups is 1.